The maximum atomic E-state index is 9.09. The lowest BCUT2D eigenvalue weighted by molar-refractivity contribution is -0.0328. The summed E-state index contributed by atoms with van der Waals surface area (Å²) < 4.78 is 16.1. The molecule has 0 bridgehead atoms. The van der Waals surface area contributed by atoms with Gasteiger partial charge in [0.25, 0.3) is 0 Å². The first-order valence-corrected chi connectivity index (χ1v) is 12.3. The number of hydrogen-bond donors (Lipinski definition) is 6. The SMILES string of the molecule is COP(Oc1c(C(C)(C)C)cc(C)cc1C(C)(C)C)OP(O)O.OCC(CO)(CO)CO. The van der Waals surface area contributed by atoms with Gasteiger partial charge in [0.2, 0.25) is 0 Å². The molecule has 0 heterocycles. The Kier molecular flexibility index (Phi) is 13.3. The van der Waals surface area contributed by atoms with E-state index in [1.165, 1.54) is 7.11 Å². The van der Waals surface area contributed by atoms with Crippen LogP contribution in [0, 0.1) is 12.3 Å². The van der Waals surface area contributed by atoms with Crippen LogP contribution in [0.4, 0.5) is 0 Å². The molecule has 0 spiro atoms. The Balaban J connectivity index is 0.000000900. The van der Waals surface area contributed by atoms with Gasteiger partial charge in [-0.15, -0.1) is 0 Å². The van der Waals surface area contributed by atoms with Gasteiger partial charge in [-0.25, -0.2) is 4.31 Å². The van der Waals surface area contributed by atoms with Crippen LogP contribution >= 0.6 is 17.2 Å². The Morgan fingerprint density at radius 1 is 0.781 bits per heavy atom. The van der Waals surface area contributed by atoms with E-state index in [9.17, 15) is 0 Å². The third kappa shape index (κ3) is 9.82. The molecule has 0 aliphatic rings. The quantitative estimate of drug-likeness (QED) is 0.283. The van der Waals surface area contributed by atoms with Crippen LogP contribution in [0.25, 0.3) is 0 Å². The van der Waals surface area contributed by atoms with Crippen molar-refractivity contribution < 1.29 is 43.6 Å². The van der Waals surface area contributed by atoms with Crippen LogP contribution in [0.2, 0.25) is 0 Å². The van der Waals surface area contributed by atoms with Crippen molar-refractivity contribution in [2.24, 2.45) is 5.41 Å². The van der Waals surface area contributed by atoms with Crippen LogP contribution in [-0.4, -0.2) is 63.8 Å². The van der Waals surface area contributed by atoms with Gasteiger partial charge in [-0.05, 0) is 17.8 Å². The monoisotopic (exact) mass is 498 g/mol. The number of aliphatic hydroxyl groups is 4. The molecule has 0 fully saturated rings. The van der Waals surface area contributed by atoms with Crippen molar-refractivity contribution >= 4 is 17.2 Å². The molecule has 0 aliphatic heterocycles. The summed E-state index contributed by atoms with van der Waals surface area (Å²) in [5.74, 6) is 0.695. The van der Waals surface area contributed by atoms with Crippen LogP contribution in [0.5, 0.6) is 5.75 Å². The number of aliphatic hydroxyl groups excluding tert-OH is 4. The fourth-order valence-corrected chi connectivity index (χ4v) is 3.80. The van der Waals surface area contributed by atoms with Gasteiger partial charge in [-0.3, -0.25) is 0 Å². The molecule has 1 aromatic carbocycles. The van der Waals surface area contributed by atoms with Gasteiger partial charge in [0.05, 0.1) is 31.8 Å². The van der Waals surface area contributed by atoms with Gasteiger partial charge in [0.1, 0.15) is 5.75 Å². The molecule has 1 unspecified atom stereocenters. The molecule has 9 nitrogen and oxygen atoms in total. The standard InChI is InChI=1S/C16H28O5P2.C5H12O4/c1-11-9-12(15(2,3)4)14(13(10-11)16(5,6)7)20-23(19-8)21-22(17)18;6-1-5(2-7,3-8)4-9/h9-10,17-18H,1-8H3;6-9H,1-4H2. The van der Waals surface area contributed by atoms with E-state index in [0.717, 1.165) is 16.7 Å². The summed E-state index contributed by atoms with van der Waals surface area (Å²) in [5.41, 5.74) is 1.84. The van der Waals surface area contributed by atoms with E-state index >= 15 is 0 Å². The predicted molar refractivity (Wildman–Crippen MR) is 126 cm³/mol. The zero-order valence-corrected chi connectivity index (χ0v) is 22.1. The van der Waals surface area contributed by atoms with Crippen LogP contribution < -0.4 is 4.52 Å². The fourth-order valence-electron chi connectivity index (χ4n) is 2.51. The first-order valence-electron chi connectivity index (χ1n) is 10.1. The molecule has 32 heavy (non-hydrogen) atoms. The molecule has 0 saturated heterocycles. The second kappa shape index (κ2) is 13.4. The first-order chi connectivity index (χ1) is 14.6. The summed E-state index contributed by atoms with van der Waals surface area (Å²) in [4.78, 5) is 18.2. The van der Waals surface area contributed by atoms with Crippen LogP contribution in [-0.2, 0) is 19.7 Å². The van der Waals surface area contributed by atoms with E-state index in [0.29, 0.717) is 5.75 Å². The Labute approximate surface area is 194 Å². The normalized spacial score (nSPS) is 13.6. The zero-order valence-electron chi connectivity index (χ0n) is 20.3. The maximum absolute atomic E-state index is 9.09. The van der Waals surface area contributed by atoms with Crippen molar-refractivity contribution in [3.05, 3.63) is 28.8 Å². The molecule has 1 atom stereocenters. The van der Waals surface area contributed by atoms with Crippen molar-refractivity contribution in [2.75, 3.05) is 33.5 Å². The third-order valence-electron chi connectivity index (χ3n) is 4.65. The van der Waals surface area contributed by atoms with Gasteiger partial charge in [-0.1, -0.05) is 59.2 Å². The van der Waals surface area contributed by atoms with Gasteiger partial charge in [0, 0.05) is 18.2 Å². The molecule has 0 amide bonds. The second-order valence-electron chi connectivity index (χ2n) is 9.65. The van der Waals surface area contributed by atoms with E-state index in [4.69, 9.17) is 43.6 Å². The molecule has 1 aromatic rings. The molecule has 188 valence electrons. The van der Waals surface area contributed by atoms with Crippen molar-refractivity contribution in [1.82, 2.24) is 0 Å². The lowest BCUT2D eigenvalue weighted by Crippen LogP contribution is -2.37. The van der Waals surface area contributed by atoms with E-state index in [-0.39, 0.29) is 10.8 Å². The highest BCUT2D eigenvalue weighted by atomic mass is 31.2. The molecule has 0 saturated carbocycles. The summed E-state index contributed by atoms with van der Waals surface area (Å²) in [6.45, 7) is 13.1. The van der Waals surface area contributed by atoms with Gasteiger partial charge in [0.15, 0.2) is 0 Å². The Bertz CT molecular complexity index is 628. The first kappa shape index (κ1) is 31.6. The summed E-state index contributed by atoms with van der Waals surface area (Å²) in [7, 11) is -3.00. The summed E-state index contributed by atoms with van der Waals surface area (Å²) in [5, 5.41) is 34.0. The lowest BCUT2D eigenvalue weighted by atomic mass is 9.78. The zero-order chi connectivity index (χ0) is 25.3. The molecule has 0 aliphatic carbocycles. The highest BCUT2D eigenvalue weighted by Gasteiger charge is 2.31. The summed E-state index contributed by atoms with van der Waals surface area (Å²) in [6, 6.07) is 4.18. The largest absolute Gasteiger partial charge is 0.426 e. The number of hydrogen-bond acceptors (Lipinski definition) is 9. The molecular weight excluding hydrogens is 458 g/mol. The second-order valence-corrected chi connectivity index (χ2v) is 11.8. The van der Waals surface area contributed by atoms with Crippen LogP contribution in [0.1, 0.15) is 58.2 Å². The van der Waals surface area contributed by atoms with Crippen molar-refractivity contribution in [2.45, 2.75) is 59.3 Å². The average Bonchev–Trinajstić information content (AvgIpc) is 2.69. The maximum Gasteiger partial charge on any atom is 0.404 e. The van der Waals surface area contributed by atoms with Crippen molar-refractivity contribution in [3.8, 4) is 5.75 Å². The summed E-state index contributed by atoms with van der Waals surface area (Å²) in [6.07, 6.45) is 0. The third-order valence-corrected chi connectivity index (χ3v) is 6.39. The minimum Gasteiger partial charge on any atom is -0.426 e. The summed E-state index contributed by atoms with van der Waals surface area (Å²) >= 11 is 0. The minimum absolute atomic E-state index is 0.140. The van der Waals surface area contributed by atoms with Gasteiger partial charge < -0.3 is 39.3 Å². The minimum atomic E-state index is -2.54. The fraction of sp³-hybridized carbons (Fsp3) is 0.714. The topological polar surface area (TPSA) is 149 Å². The van der Waals surface area contributed by atoms with E-state index in [1.807, 2.05) is 0 Å². The predicted octanol–water partition coefficient (Wildman–Crippen LogP) is 3.01. The van der Waals surface area contributed by atoms with E-state index < -0.39 is 49.0 Å². The molecule has 6 N–H and O–H groups in total. The molecular formula is C21H40O9P2. The smallest absolute Gasteiger partial charge is 0.404 e. The molecule has 0 radical (unpaired) electrons. The highest BCUT2D eigenvalue weighted by Crippen LogP contribution is 2.53. The number of benzene rings is 1. The average molecular weight is 498 g/mol. The van der Waals surface area contributed by atoms with Gasteiger partial charge in [-0.2, -0.15) is 0 Å². The number of aryl methyl sites for hydroxylation is 1. The number of rotatable bonds is 9. The highest BCUT2D eigenvalue weighted by molar-refractivity contribution is 7.54. The lowest BCUT2D eigenvalue weighted by Gasteiger charge is -2.31. The van der Waals surface area contributed by atoms with Crippen LogP contribution in [0.15, 0.2) is 12.1 Å². The van der Waals surface area contributed by atoms with Crippen LogP contribution in [0.3, 0.4) is 0 Å². The molecule has 1 rings (SSSR count). The Morgan fingerprint density at radius 2 is 1.16 bits per heavy atom. The molecule has 11 heteroatoms. The van der Waals surface area contributed by atoms with Gasteiger partial charge >= 0.3 is 17.2 Å². The van der Waals surface area contributed by atoms with E-state index in [2.05, 4.69) is 60.6 Å². The van der Waals surface area contributed by atoms with E-state index in [1.54, 1.807) is 0 Å². The Hall–Kier alpha value is -0.440. The molecule has 0 aromatic heterocycles. The van der Waals surface area contributed by atoms with Crippen molar-refractivity contribution in [1.29, 1.82) is 0 Å². The Morgan fingerprint density at radius 3 is 1.38 bits per heavy atom. The van der Waals surface area contributed by atoms with Crippen molar-refractivity contribution in [3.63, 3.8) is 0 Å².